The molecule has 0 saturated heterocycles. The molecule has 0 aromatic heterocycles. The molecule has 0 spiro atoms. The van der Waals surface area contributed by atoms with Gasteiger partial charge in [-0.05, 0) is 63.2 Å². The van der Waals surface area contributed by atoms with Gasteiger partial charge in [-0.15, -0.1) is 0 Å². The quantitative estimate of drug-likeness (QED) is 0.776. The molecule has 98 valence electrons. The van der Waals surface area contributed by atoms with Crippen LogP contribution in [0.25, 0.3) is 0 Å². The van der Waals surface area contributed by atoms with E-state index in [4.69, 9.17) is 0 Å². The highest BCUT2D eigenvalue weighted by Gasteiger charge is 2.74. The average molecular weight is 238 g/mol. The van der Waals surface area contributed by atoms with Crippen LogP contribution in [0.1, 0.15) is 59.3 Å². The van der Waals surface area contributed by atoms with E-state index in [-0.39, 0.29) is 11.3 Å². The van der Waals surface area contributed by atoms with Gasteiger partial charge in [0.1, 0.15) is 0 Å². The van der Waals surface area contributed by atoms with E-state index in [1.165, 1.54) is 12.8 Å². The molecule has 2 nitrogen and oxygen atoms in total. The summed E-state index contributed by atoms with van der Waals surface area (Å²) in [6.07, 6.45) is 6.57. The molecule has 0 amide bonds. The first kappa shape index (κ1) is 12.0. The summed E-state index contributed by atoms with van der Waals surface area (Å²) in [5.41, 5.74) is -1.50. The summed E-state index contributed by atoms with van der Waals surface area (Å²) in [5, 5.41) is 22.3. The molecule has 0 aliphatic heterocycles. The molecule has 2 N–H and O–H groups in total. The molecule has 3 rings (SSSR count). The molecule has 3 saturated carbocycles. The first-order valence-corrected chi connectivity index (χ1v) is 7.31. The molecule has 2 heteroatoms. The molecule has 17 heavy (non-hydrogen) atoms. The van der Waals surface area contributed by atoms with Crippen LogP contribution >= 0.6 is 0 Å². The maximum absolute atomic E-state index is 11.2. The van der Waals surface area contributed by atoms with Gasteiger partial charge in [-0.3, -0.25) is 0 Å². The summed E-state index contributed by atoms with van der Waals surface area (Å²) in [6.45, 7) is 6.17. The second-order valence-electron chi connectivity index (χ2n) is 7.26. The average Bonchev–Trinajstić information content (AvgIpc) is 2.85. The standard InChI is InChI=1S/C15H26O2/c1-10(2)13(3,16)14-7-4-8-15(14,17)12-6-5-11(14)9-12/h10-12,16-17H,4-9H2,1-3H3. The van der Waals surface area contributed by atoms with Gasteiger partial charge in [0.15, 0.2) is 0 Å². The minimum absolute atomic E-state index is 0.211. The number of fused-ring (bicyclic) bond motifs is 5. The van der Waals surface area contributed by atoms with E-state index in [0.717, 1.165) is 25.7 Å². The van der Waals surface area contributed by atoms with E-state index >= 15 is 0 Å². The molecule has 3 aliphatic carbocycles. The van der Waals surface area contributed by atoms with Crippen LogP contribution in [-0.2, 0) is 0 Å². The van der Waals surface area contributed by atoms with Crippen molar-refractivity contribution in [3.05, 3.63) is 0 Å². The lowest BCUT2D eigenvalue weighted by atomic mass is 9.54. The fraction of sp³-hybridized carbons (Fsp3) is 1.00. The number of rotatable bonds is 2. The van der Waals surface area contributed by atoms with Gasteiger partial charge in [0.25, 0.3) is 0 Å². The van der Waals surface area contributed by atoms with Crippen molar-refractivity contribution in [2.24, 2.45) is 23.2 Å². The van der Waals surface area contributed by atoms with Crippen molar-refractivity contribution in [2.75, 3.05) is 0 Å². The topological polar surface area (TPSA) is 40.5 Å². The Balaban J connectivity index is 2.11. The Morgan fingerprint density at radius 2 is 1.82 bits per heavy atom. The van der Waals surface area contributed by atoms with E-state index in [0.29, 0.717) is 11.8 Å². The predicted octanol–water partition coefficient (Wildman–Crippen LogP) is 2.72. The lowest BCUT2D eigenvalue weighted by Crippen LogP contribution is -2.62. The number of hydrogen-bond donors (Lipinski definition) is 2. The van der Waals surface area contributed by atoms with Crippen LogP contribution in [0.3, 0.4) is 0 Å². The maximum Gasteiger partial charge on any atom is 0.0761 e. The fourth-order valence-corrected chi connectivity index (χ4v) is 5.68. The van der Waals surface area contributed by atoms with Crippen LogP contribution in [0.15, 0.2) is 0 Å². The summed E-state index contributed by atoms with van der Waals surface area (Å²) in [4.78, 5) is 0. The zero-order valence-electron chi connectivity index (χ0n) is 11.4. The molecule has 5 unspecified atom stereocenters. The van der Waals surface area contributed by atoms with Crippen molar-refractivity contribution < 1.29 is 10.2 Å². The number of hydrogen-bond acceptors (Lipinski definition) is 2. The summed E-state index contributed by atoms with van der Waals surface area (Å²) in [5.74, 6) is 1.23. The third-order valence-electron chi connectivity index (χ3n) is 6.73. The first-order valence-electron chi connectivity index (χ1n) is 7.31. The van der Waals surface area contributed by atoms with Crippen molar-refractivity contribution in [1.82, 2.24) is 0 Å². The van der Waals surface area contributed by atoms with Gasteiger partial charge >= 0.3 is 0 Å². The lowest BCUT2D eigenvalue weighted by Gasteiger charge is -2.55. The van der Waals surface area contributed by atoms with Crippen LogP contribution in [-0.4, -0.2) is 21.4 Å². The van der Waals surface area contributed by atoms with E-state index < -0.39 is 11.2 Å². The summed E-state index contributed by atoms with van der Waals surface area (Å²) >= 11 is 0. The SMILES string of the molecule is CC(C)C(C)(O)C12CCCC1(O)C1CCC2C1. The van der Waals surface area contributed by atoms with Crippen molar-refractivity contribution in [3.8, 4) is 0 Å². The second-order valence-corrected chi connectivity index (χ2v) is 7.26. The van der Waals surface area contributed by atoms with Crippen molar-refractivity contribution in [2.45, 2.75) is 70.5 Å². The van der Waals surface area contributed by atoms with Crippen LogP contribution in [0.2, 0.25) is 0 Å². The molecule has 0 aromatic rings. The Kier molecular flexibility index (Phi) is 2.30. The van der Waals surface area contributed by atoms with Crippen LogP contribution in [0.4, 0.5) is 0 Å². The molecular formula is C15H26O2. The van der Waals surface area contributed by atoms with Gasteiger partial charge in [0, 0.05) is 5.41 Å². The molecular weight excluding hydrogens is 212 g/mol. The molecule has 2 bridgehead atoms. The molecule has 0 radical (unpaired) electrons. The zero-order valence-corrected chi connectivity index (χ0v) is 11.4. The minimum Gasteiger partial charge on any atom is -0.389 e. The largest absolute Gasteiger partial charge is 0.389 e. The Morgan fingerprint density at radius 3 is 2.47 bits per heavy atom. The van der Waals surface area contributed by atoms with Crippen LogP contribution < -0.4 is 0 Å². The first-order chi connectivity index (χ1) is 7.86. The normalized spacial score (nSPS) is 51.9. The Labute approximate surface area is 104 Å². The van der Waals surface area contributed by atoms with Gasteiger partial charge in [-0.1, -0.05) is 13.8 Å². The summed E-state index contributed by atoms with van der Waals surface area (Å²) in [6, 6.07) is 0. The Morgan fingerprint density at radius 1 is 1.18 bits per heavy atom. The van der Waals surface area contributed by atoms with Crippen LogP contribution in [0, 0.1) is 23.2 Å². The Bertz CT molecular complexity index is 336. The molecule has 5 atom stereocenters. The molecule has 3 fully saturated rings. The maximum atomic E-state index is 11.2. The molecule has 0 aromatic carbocycles. The summed E-state index contributed by atoms with van der Waals surface area (Å²) in [7, 11) is 0. The van der Waals surface area contributed by atoms with Crippen molar-refractivity contribution in [1.29, 1.82) is 0 Å². The molecule has 0 heterocycles. The second kappa shape index (κ2) is 3.27. The third kappa shape index (κ3) is 1.10. The Hall–Kier alpha value is -0.0800. The fourth-order valence-electron chi connectivity index (χ4n) is 5.68. The lowest BCUT2D eigenvalue weighted by molar-refractivity contribution is -0.214. The number of aliphatic hydroxyl groups is 2. The smallest absolute Gasteiger partial charge is 0.0761 e. The molecule has 3 aliphatic rings. The predicted molar refractivity (Wildman–Crippen MR) is 67.5 cm³/mol. The third-order valence-corrected chi connectivity index (χ3v) is 6.73. The van der Waals surface area contributed by atoms with Gasteiger partial charge < -0.3 is 10.2 Å². The van der Waals surface area contributed by atoms with Gasteiger partial charge in [0.05, 0.1) is 11.2 Å². The highest BCUT2D eigenvalue weighted by atomic mass is 16.3. The zero-order chi connectivity index (χ0) is 12.5. The van der Waals surface area contributed by atoms with Gasteiger partial charge in [-0.2, -0.15) is 0 Å². The van der Waals surface area contributed by atoms with Crippen molar-refractivity contribution >= 4 is 0 Å². The van der Waals surface area contributed by atoms with E-state index in [2.05, 4.69) is 13.8 Å². The van der Waals surface area contributed by atoms with Gasteiger partial charge in [0.2, 0.25) is 0 Å². The minimum atomic E-state index is -0.724. The highest BCUT2D eigenvalue weighted by Crippen LogP contribution is 2.72. The van der Waals surface area contributed by atoms with Crippen LogP contribution in [0.5, 0.6) is 0 Å². The summed E-state index contributed by atoms with van der Waals surface area (Å²) < 4.78 is 0. The van der Waals surface area contributed by atoms with E-state index in [9.17, 15) is 10.2 Å². The monoisotopic (exact) mass is 238 g/mol. The van der Waals surface area contributed by atoms with Crippen molar-refractivity contribution in [3.63, 3.8) is 0 Å². The van der Waals surface area contributed by atoms with E-state index in [1.807, 2.05) is 6.92 Å². The van der Waals surface area contributed by atoms with E-state index in [1.54, 1.807) is 0 Å². The van der Waals surface area contributed by atoms with Gasteiger partial charge in [-0.25, -0.2) is 0 Å². The highest BCUT2D eigenvalue weighted by molar-refractivity contribution is 5.24.